The van der Waals surface area contributed by atoms with Crippen molar-refractivity contribution in [2.75, 3.05) is 13.7 Å². The van der Waals surface area contributed by atoms with Crippen LogP contribution in [0.3, 0.4) is 0 Å². The first-order valence-corrected chi connectivity index (χ1v) is 4.93. The highest BCUT2D eigenvalue weighted by Crippen LogP contribution is 1.94. The molecule has 0 aliphatic rings. The number of ether oxygens (including phenoxy) is 1. The summed E-state index contributed by atoms with van der Waals surface area (Å²) in [5, 5.41) is 3.45. The third-order valence-electron chi connectivity index (χ3n) is 2.03. The maximum atomic E-state index is 5.06. The Balaban J connectivity index is 2.25. The van der Waals surface area contributed by atoms with E-state index in [2.05, 4.69) is 28.7 Å². The van der Waals surface area contributed by atoms with Crippen molar-refractivity contribution < 1.29 is 4.74 Å². The molecule has 0 radical (unpaired) electrons. The van der Waals surface area contributed by atoms with Crippen molar-refractivity contribution in [3.63, 3.8) is 0 Å². The Hall–Kier alpha value is -0.870. The van der Waals surface area contributed by atoms with Crippen LogP contribution in [-0.2, 0) is 11.3 Å². The standard InChI is InChI=1S/C10H19N3O/c1-9(12-10(2)7-14-3)6-13-5-4-11-8-13/h4-5,8-10,12H,6-7H2,1-3H3. The highest BCUT2D eigenvalue weighted by atomic mass is 16.5. The fourth-order valence-electron chi connectivity index (χ4n) is 1.55. The van der Waals surface area contributed by atoms with E-state index in [1.54, 1.807) is 13.3 Å². The van der Waals surface area contributed by atoms with Crippen LogP contribution in [-0.4, -0.2) is 35.4 Å². The fourth-order valence-corrected chi connectivity index (χ4v) is 1.55. The lowest BCUT2D eigenvalue weighted by atomic mass is 10.2. The Kier molecular flexibility index (Phi) is 4.62. The van der Waals surface area contributed by atoms with Crippen molar-refractivity contribution in [2.24, 2.45) is 0 Å². The van der Waals surface area contributed by atoms with E-state index in [0.29, 0.717) is 12.1 Å². The number of nitrogens with zero attached hydrogens (tertiary/aromatic N) is 2. The number of nitrogens with one attached hydrogen (secondary N) is 1. The molecule has 1 N–H and O–H groups in total. The maximum Gasteiger partial charge on any atom is 0.0946 e. The van der Waals surface area contributed by atoms with E-state index in [0.717, 1.165) is 13.2 Å². The lowest BCUT2D eigenvalue weighted by molar-refractivity contribution is 0.166. The molecular weight excluding hydrogens is 178 g/mol. The Morgan fingerprint density at radius 3 is 2.79 bits per heavy atom. The predicted octanol–water partition coefficient (Wildman–Crippen LogP) is 0.896. The number of rotatable bonds is 6. The molecule has 4 heteroatoms. The van der Waals surface area contributed by atoms with Crippen molar-refractivity contribution >= 4 is 0 Å². The Labute approximate surface area is 85.3 Å². The Morgan fingerprint density at radius 2 is 2.21 bits per heavy atom. The monoisotopic (exact) mass is 197 g/mol. The van der Waals surface area contributed by atoms with Gasteiger partial charge in [-0.15, -0.1) is 0 Å². The number of methoxy groups -OCH3 is 1. The van der Waals surface area contributed by atoms with Gasteiger partial charge in [0.25, 0.3) is 0 Å². The Bertz CT molecular complexity index is 236. The van der Waals surface area contributed by atoms with Gasteiger partial charge in [-0.2, -0.15) is 0 Å². The number of hydrogen-bond donors (Lipinski definition) is 1. The van der Waals surface area contributed by atoms with Gasteiger partial charge in [0.15, 0.2) is 0 Å². The van der Waals surface area contributed by atoms with Crippen LogP contribution in [0.1, 0.15) is 13.8 Å². The first-order valence-electron chi connectivity index (χ1n) is 4.93. The summed E-state index contributed by atoms with van der Waals surface area (Å²) >= 11 is 0. The molecule has 0 aliphatic heterocycles. The van der Waals surface area contributed by atoms with Gasteiger partial charge in [-0.3, -0.25) is 0 Å². The van der Waals surface area contributed by atoms with Crippen molar-refractivity contribution in [1.29, 1.82) is 0 Å². The van der Waals surface area contributed by atoms with Gasteiger partial charge in [0.1, 0.15) is 0 Å². The molecule has 1 heterocycles. The van der Waals surface area contributed by atoms with E-state index in [1.165, 1.54) is 0 Å². The summed E-state index contributed by atoms with van der Waals surface area (Å²) in [7, 11) is 1.72. The van der Waals surface area contributed by atoms with E-state index in [1.807, 2.05) is 12.5 Å². The summed E-state index contributed by atoms with van der Waals surface area (Å²) in [6.45, 7) is 5.96. The SMILES string of the molecule is COCC(C)NC(C)Cn1ccnc1. The molecular formula is C10H19N3O. The first-order chi connectivity index (χ1) is 6.72. The lowest BCUT2D eigenvalue weighted by Gasteiger charge is -2.19. The van der Waals surface area contributed by atoms with Crippen molar-refractivity contribution in [2.45, 2.75) is 32.5 Å². The normalized spacial score (nSPS) is 15.4. The highest BCUT2D eigenvalue weighted by molar-refractivity contribution is 4.77. The zero-order chi connectivity index (χ0) is 10.4. The minimum Gasteiger partial charge on any atom is -0.383 e. The summed E-state index contributed by atoms with van der Waals surface area (Å²) in [5.74, 6) is 0. The average molecular weight is 197 g/mol. The zero-order valence-corrected chi connectivity index (χ0v) is 9.10. The summed E-state index contributed by atoms with van der Waals surface area (Å²) in [5.41, 5.74) is 0. The van der Waals surface area contributed by atoms with Crippen LogP contribution in [0, 0.1) is 0 Å². The van der Waals surface area contributed by atoms with Crippen molar-refractivity contribution in [3.8, 4) is 0 Å². The second-order valence-electron chi connectivity index (χ2n) is 3.68. The molecule has 0 spiro atoms. The van der Waals surface area contributed by atoms with E-state index in [4.69, 9.17) is 4.74 Å². The molecule has 2 atom stereocenters. The predicted molar refractivity (Wildman–Crippen MR) is 56.2 cm³/mol. The van der Waals surface area contributed by atoms with Gasteiger partial charge in [-0.1, -0.05) is 0 Å². The molecule has 14 heavy (non-hydrogen) atoms. The molecule has 1 aromatic heterocycles. The second-order valence-corrected chi connectivity index (χ2v) is 3.68. The van der Waals surface area contributed by atoms with Crippen LogP contribution >= 0.6 is 0 Å². The summed E-state index contributed by atoms with van der Waals surface area (Å²) in [6, 6.07) is 0.813. The molecule has 0 saturated carbocycles. The Morgan fingerprint density at radius 1 is 1.43 bits per heavy atom. The average Bonchev–Trinajstić information content (AvgIpc) is 2.56. The minimum absolute atomic E-state index is 0.388. The van der Waals surface area contributed by atoms with Crippen molar-refractivity contribution in [3.05, 3.63) is 18.7 Å². The summed E-state index contributed by atoms with van der Waals surface area (Å²) in [6.07, 6.45) is 5.60. The van der Waals surface area contributed by atoms with E-state index >= 15 is 0 Å². The molecule has 80 valence electrons. The zero-order valence-electron chi connectivity index (χ0n) is 9.10. The highest BCUT2D eigenvalue weighted by Gasteiger charge is 2.06. The molecule has 2 unspecified atom stereocenters. The number of imidazole rings is 1. The van der Waals surface area contributed by atoms with E-state index in [9.17, 15) is 0 Å². The maximum absolute atomic E-state index is 5.06. The molecule has 0 aromatic carbocycles. The van der Waals surface area contributed by atoms with Gasteiger partial charge in [0, 0.05) is 38.1 Å². The van der Waals surface area contributed by atoms with Crippen molar-refractivity contribution in [1.82, 2.24) is 14.9 Å². The largest absolute Gasteiger partial charge is 0.383 e. The fraction of sp³-hybridized carbons (Fsp3) is 0.700. The van der Waals surface area contributed by atoms with Gasteiger partial charge in [0.2, 0.25) is 0 Å². The topological polar surface area (TPSA) is 39.1 Å². The van der Waals surface area contributed by atoms with Crippen LogP contribution in [0.25, 0.3) is 0 Å². The molecule has 0 aliphatic carbocycles. The summed E-state index contributed by atoms with van der Waals surface area (Å²) in [4.78, 5) is 4.00. The van der Waals surface area contributed by atoms with Crippen LogP contribution in [0.4, 0.5) is 0 Å². The van der Waals surface area contributed by atoms with Gasteiger partial charge in [0.05, 0.1) is 12.9 Å². The molecule has 1 aromatic rings. The van der Waals surface area contributed by atoms with Gasteiger partial charge >= 0.3 is 0 Å². The third-order valence-corrected chi connectivity index (χ3v) is 2.03. The molecule has 0 saturated heterocycles. The lowest BCUT2D eigenvalue weighted by Crippen LogP contribution is -2.39. The first kappa shape index (κ1) is 11.2. The minimum atomic E-state index is 0.388. The van der Waals surface area contributed by atoms with Gasteiger partial charge in [-0.05, 0) is 13.8 Å². The van der Waals surface area contributed by atoms with E-state index in [-0.39, 0.29) is 0 Å². The van der Waals surface area contributed by atoms with Crippen LogP contribution in [0.5, 0.6) is 0 Å². The smallest absolute Gasteiger partial charge is 0.0946 e. The van der Waals surface area contributed by atoms with E-state index < -0.39 is 0 Å². The van der Waals surface area contributed by atoms with Crippen LogP contribution in [0.2, 0.25) is 0 Å². The second kappa shape index (κ2) is 5.78. The quantitative estimate of drug-likeness (QED) is 0.736. The molecule has 0 amide bonds. The molecule has 0 fully saturated rings. The molecule has 0 bridgehead atoms. The molecule has 4 nitrogen and oxygen atoms in total. The van der Waals surface area contributed by atoms with Gasteiger partial charge < -0.3 is 14.6 Å². The van der Waals surface area contributed by atoms with Gasteiger partial charge in [-0.25, -0.2) is 4.98 Å². The third kappa shape index (κ3) is 3.89. The van der Waals surface area contributed by atoms with Crippen LogP contribution in [0.15, 0.2) is 18.7 Å². The number of aromatic nitrogens is 2. The molecule has 1 rings (SSSR count). The number of hydrogen-bond acceptors (Lipinski definition) is 3. The van der Waals surface area contributed by atoms with Crippen LogP contribution < -0.4 is 5.32 Å². The summed E-state index contributed by atoms with van der Waals surface area (Å²) < 4.78 is 7.12.